The Morgan fingerprint density at radius 2 is 2.26 bits per heavy atom. The highest BCUT2D eigenvalue weighted by molar-refractivity contribution is 7.15. The Labute approximate surface area is 116 Å². The van der Waals surface area contributed by atoms with Crippen LogP contribution in [0.2, 0.25) is 0 Å². The minimum absolute atomic E-state index is 0.393. The molecule has 4 heteroatoms. The van der Waals surface area contributed by atoms with Gasteiger partial charge in [0.1, 0.15) is 0 Å². The molecule has 0 spiro atoms. The molecule has 0 amide bonds. The summed E-state index contributed by atoms with van der Waals surface area (Å²) >= 11 is 1.64. The summed E-state index contributed by atoms with van der Waals surface area (Å²) in [6.45, 7) is 4.15. The van der Waals surface area contributed by atoms with Gasteiger partial charge in [0, 0.05) is 29.7 Å². The summed E-state index contributed by atoms with van der Waals surface area (Å²) in [6, 6.07) is 8.39. The van der Waals surface area contributed by atoms with Crippen molar-refractivity contribution in [2.24, 2.45) is 5.73 Å². The van der Waals surface area contributed by atoms with Gasteiger partial charge in [-0.15, -0.1) is 11.3 Å². The van der Waals surface area contributed by atoms with Crippen LogP contribution in [0.1, 0.15) is 23.7 Å². The summed E-state index contributed by atoms with van der Waals surface area (Å²) in [5, 5.41) is 2.04. The van der Waals surface area contributed by atoms with E-state index in [9.17, 15) is 0 Å². The number of hydrogen-bond acceptors (Lipinski definition) is 3. The SMILES string of the molecule is Cc1cccc(C(C)(N)Cc2cn3ccsc3n2)c1. The van der Waals surface area contributed by atoms with Gasteiger partial charge in [-0.2, -0.15) is 0 Å². The summed E-state index contributed by atoms with van der Waals surface area (Å²) in [4.78, 5) is 5.63. The van der Waals surface area contributed by atoms with Crippen molar-refractivity contribution in [2.45, 2.75) is 25.8 Å². The number of hydrogen-bond donors (Lipinski definition) is 1. The zero-order valence-electron chi connectivity index (χ0n) is 11.1. The fourth-order valence-corrected chi connectivity index (χ4v) is 3.06. The maximum atomic E-state index is 6.48. The van der Waals surface area contributed by atoms with E-state index >= 15 is 0 Å². The summed E-state index contributed by atoms with van der Waals surface area (Å²) in [7, 11) is 0. The van der Waals surface area contributed by atoms with E-state index in [-0.39, 0.29) is 0 Å². The maximum Gasteiger partial charge on any atom is 0.193 e. The van der Waals surface area contributed by atoms with E-state index in [2.05, 4.69) is 49.3 Å². The third kappa shape index (κ3) is 2.41. The zero-order chi connectivity index (χ0) is 13.5. The Hall–Kier alpha value is -1.65. The lowest BCUT2D eigenvalue weighted by atomic mass is 9.88. The molecule has 2 aromatic heterocycles. The monoisotopic (exact) mass is 271 g/mol. The number of nitrogens with zero attached hydrogens (tertiary/aromatic N) is 2. The van der Waals surface area contributed by atoms with Crippen LogP contribution in [0.4, 0.5) is 0 Å². The van der Waals surface area contributed by atoms with Gasteiger partial charge < -0.3 is 5.73 Å². The number of benzene rings is 1. The highest BCUT2D eigenvalue weighted by Crippen LogP contribution is 2.24. The lowest BCUT2D eigenvalue weighted by Gasteiger charge is -2.24. The van der Waals surface area contributed by atoms with Crippen LogP contribution in [0.25, 0.3) is 4.96 Å². The van der Waals surface area contributed by atoms with Crippen molar-refractivity contribution < 1.29 is 0 Å². The molecule has 2 heterocycles. The van der Waals surface area contributed by atoms with Crippen molar-refractivity contribution >= 4 is 16.3 Å². The van der Waals surface area contributed by atoms with Gasteiger partial charge in [-0.25, -0.2) is 4.98 Å². The van der Waals surface area contributed by atoms with E-state index in [4.69, 9.17) is 5.73 Å². The summed E-state index contributed by atoms with van der Waals surface area (Å²) in [6.07, 6.45) is 4.83. The van der Waals surface area contributed by atoms with Crippen molar-refractivity contribution in [3.05, 3.63) is 58.9 Å². The van der Waals surface area contributed by atoms with Gasteiger partial charge in [0.2, 0.25) is 0 Å². The first-order valence-corrected chi connectivity index (χ1v) is 7.20. The van der Waals surface area contributed by atoms with Crippen LogP contribution in [0, 0.1) is 6.92 Å². The number of aromatic nitrogens is 2. The predicted molar refractivity (Wildman–Crippen MR) is 79.5 cm³/mol. The highest BCUT2D eigenvalue weighted by Gasteiger charge is 2.23. The van der Waals surface area contributed by atoms with Crippen molar-refractivity contribution in [2.75, 3.05) is 0 Å². The van der Waals surface area contributed by atoms with Crippen LogP contribution in [-0.4, -0.2) is 9.38 Å². The molecule has 2 N–H and O–H groups in total. The quantitative estimate of drug-likeness (QED) is 0.795. The van der Waals surface area contributed by atoms with Crippen LogP contribution < -0.4 is 5.73 Å². The van der Waals surface area contributed by atoms with E-state index in [1.54, 1.807) is 11.3 Å². The fourth-order valence-electron chi connectivity index (χ4n) is 2.34. The first-order chi connectivity index (χ1) is 9.04. The number of nitrogens with two attached hydrogens (primary N) is 1. The molecule has 0 radical (unpaired) electrons. The molecular weight excluding hydrogens is 254 g/mol. The third-order valence-corrected chi connectivity index (χ3v) is 4.14. The number of thiazole rings is 1. The number of imidazole rings is 1. The van der Waals surface area contributed by atoms with Crippen molar-refractivity contribution in [1.29, 1.82) is 0 Å². The predicted octanol–water partition coefficient (Wildman–Crippen LogP) is 3.12. The van der Waals surface area contributed by atoms with Gasteiger partial charge in [-0.1, -0.05) is 29.8 Å². The molecule has 98 valence electrons. The molecule has 0 bridgehead atoms. The Balaban J connectivity index is 1.90. The summed E-state index contributed by atoms with van der Waals surface area (Å²) in [5.74, 6) is 0. The van der Waals surface area contributed by atoms with Crippen molar-refractivity contribution in [3.8, 4) is 0 Å². The second-order valence-corrected chi connectivity index (χ2v) is 6.16. The minimum atomic E-state index is -0.393. The molecule has 1 unspecified atom stereocenters. The fraction of sp³-hybridized carbons (Fsp3) is 0.267. The van der Waals surface area contributed by atoms with Crippen LogP contribution in [0.15, 0.2) is 42.0 Å². The normalized spacial score (nSPS) is 14.7. The number of rotatable bonds is 3. The minimum Gasteiger partial charge on any atom is -0.321 e. The van der Waals surface area contributed by atoms with Crippen LogP contribution in [-0.2, 0) is 12.0 Å². The molecule has 0 fully saturated rings. The van der Waals surface area contributed by atoms with E-state index in [1.807, 2.05) is 16.0 Å². The molecular formula is C15H17N3S. The average Bonchev–Trinajstić information content (AvgIpc) is 2.89. The third-order valence-electron chi connectivity index (χ3n) is 3.37. The van der Waals surface area contributed by atoms with Gasteiger partial charge in [0.05, 0.1) is 5.69 Å². The van der Waals surface area contributed by atoms with Crippen molar-refractivity contribution in [3.63, 3.8) is 0 Å². The van der Waals surface area contributed by atoms with Gasteiger partial charge >= 0.3 is 0 Å². The van der Waals surface area contributed by atoms with Gasteiger partial charge in [-0.05, 0) is 19.4 Å². The number of fused-ring (bicyclic) bond motifs is 1. The van der Waals surface area contributed by atoms with Crippen LogP contribution in [0.5, 0.6) is 0 Å². The molecule has 3 nitrogen and oxygen atoms in total. The van der Waals surface area contributed by atoms with Crippen LogP contribution in [0.3, 0.4) is 0 Å². The molecule has 0 aliphatic carbocycles. The molecule has 1 aromatic carbocycles. The zero-order valence-corrected chi connectivity index (χ0v) is 11.9. The first kappa shape index (κ1) is 12.4. The smallest absolute Gasteiger partial charge is 0.193 e. The molecule has 0 saturated heterocycles. The second kappa shape index (κ2) is 4.47. The lowest BCUT2D eigenvalue weighted by Crippen LogP contribution is -2.35. The highest BCUT2D eigenvalue weighted by atomic mass is 32.1. The number of aryl methyl sites for hydroxylation is 1. The summed E-state index contributed by atoms with van der Waals surface area (Å²) in [5.41, 5.74) is 9.52. The Morgan fingerprint density at radius 1 is 1.42 bits per heavy atom. The lowest BCUT2D eigenvalue weighted by molar-refractivity contribution is 0.486. The molecule has 3 aromatic rings. The average molecular weight is 271 g/mol. The second-order valence-electron chi connectivity index (χ2n) is 5.29. The van der Waals surface area contributed by atoms with Gasteiger partial charge in [-0.3, -0.25) is 4.40 Å². The first-order valence-electron chi connectivity index (χ1n) is 6.32. The molecule has 0 saturated carbocycles. The Kier molecular flexibility index (Phi) is 2.92. The molecule has 1 atom stereocenters. The summed E-state index contributed by atoms with van der Waals surface area (Å²) < 4.78 is 2.05. The van der Waals surface area contributed by atoms with Gasteiger partial charge in [0.25, 0.3) is 0 Å². The van der Waals surface area contributed by atoms with Crippen LogP contribution >= 0.6 is 11.3 Å². The Morgan fingerprint density at radius 3 is 3.00 bits per heavy atom. The van der Waals surface area contributed by atoms with E-state index in [0.29, 0.717) is 0 Å². The van der Waals surface area contributed by atoms with E-state index in [0.717, 1.165) is 22.6 Å². The van der Waals surface area contributed by atoms with E-state index < -0.39 is 5.54 Å². The molecule has 3 rings (SSSR count). The largest absolute Gasteiger partial charge is 0.321 e. The van der Waals surface area contributed by atoms with Crippen molar-refractivity contribution in [1.82, 2.24) is 9.38 Å². The topological polar surface area (TPSA) is 43.3 Å². The molecule has 19 heavy (non-hydrogen) atoms. The maximum absolute atomic E-state index is 6.48. The molecule has 0 aliphatic rings. The molecule has 0 aliphatic heterocycles. The Bertz CT molecular complexity index is 680. The van der Waals surface area contributed by atoms with E-state index in [1.165, 1.54) is 5.56 Å². The van der Waals surface area contributed by atoms with Gasteiger partial charge in [0.15, 0.2) is 4.96 Å². The standard InChI is InChI=1S/C15H17N3S/c1-11-4-3-5-12(8-11)15(2,16)9-13-10-18-6-7-19-14(18)17-13/h3-8,10H,9,16H2,1-2H3.